The molecule has 1 aromatic rings. The van der Waals surface area contributed by atoms with Gasteiger partial charge in [-0.05, 0) is 73.0 Å². The van der Waals surface area contributed by atoms with Crippen molar-refractivity contribution in [2.75, 3.05) is 31.5 Å². The Morgan fingerprint density at radius 2 is 1.65 bits per heavy atom. The number of likely N-dealkylation sites (tertiary alicyclic amines) is 1. The van der Waals surface area contributed by atoms with E-state index in [0.717, 1.165) is 28.8 Å². The van der Waals surface area contributed by atoms with E-state index in [1.54, 1.807) is 12.4 Å². The second-order valence-corrected chi connectivity index (χ2v) is 8.10. The van der Waals surface area contributed by atoms with Crippen molar-refractivity contribution < 1.29 is 0 Å². The van der Waals surface area contributed by atoms with E-state index in [-0.39, 0.29) is 0 Å². The van der Waals surface area contributed by atoms with Crippen molar-refractivity contribution >= 4 is 21.9 Å². The molecule has 0 aromatic carbocycles. The molecule has 0 radical (unpaired) electrons. The maximum Gasteiger partial charge on any atom is 0.222 e. The van der Waals surface area contributed by atoms with Gasteiger partial charge in [-0.2, -0.15) is 0 Å². The summed E-state index contributed by atoms with van der Waals surface area (Å²) in [4.78, 5) is 11.2. The van der Waals surface area contributed by atoms with Gasteiger partial charge in [-0.25, -0.2) is 9.97 Å². The molecule has 1 saturated carbocycles. The fraction of sp³-hybridized carbons (Fsp3) is 0.778. The molecule has 0 atom stereocenters. The Labute approximate surface area is 148 Å². The molecule has 2 aliphatic rings. The topological polar surface area (TPSA) is 41.1 Å². The highest BCUT2D eigenvalue weighted by molar-refractivity contribution is 9.10. The van der Waals surface area contributed by atoms with E-state index in [2.05, 4.69) is 36.1 Å². The molecule has 1 N–H and O–H groups in total. The number of anilines is 1. The van der Waals surface area contributed by atoms with Crippen LogP contribution < -0.4 is 5.32 Å². The molecule has 0 amide bonds. The lowest BCUT2D eigenvalue weighted by Crippen LogP contribution is -2.35. The second kappa shape index (κ2) is 8.97. The first-order valence-electron chi connectivity index (χ1n) is 9.23. The lowest BCUT2D eigenvalue weighted by atomic mass is 9.80. The lowest BCUT2D eigenvalue weighted by Gasteiger charge is -2.34. The zero-order valence-corrected chi connectivity index (χ0v) is 15.6. The minimum Gasteiger partial charge on any atom is -0.354 e. The van der Waals surface area contributed by atoms with Crippen LogP contribution in [0.5, 0.6) is 0 Å². The Kier molecular flexibility index (Phi) is 6.69. The molecule has 0 bridgehead atoms. The van der Waals surface area contributed by atoms with Crippen LogP contribution >= 0.6 is 15.9 Å². The van der Waals surface area contributed by atoms with Gasteiger partial charge in [0.15, 0.2) is 0 Å². The van der Waals surface area contributed by atoms with E-state index >= 15 is 0 Å². The molecule has 4 nitrogen and oxygen atoms in total. The van der Waals surface area contributed by atoms with Crippen molar-refractivity contribution in [1.82, 2.24) is 14.9 Å². The quantitative estimate of drug-likeness (QED) is 0.796. The van der Waals surface area contributed by atoms with Crippen molar-refractivity contribution in [2.24, 2.45) is 11.8 Å². The van der Waals surface area contributed by atoms with Crippen LogP contribution in [-0.4, -0.2) is 41.0 Å². The van der Waals surface area contributed by atoms with Crippen molar-refractivity contribution in [2.45, 2.75) is 51.4 Å². The molecule has 5 heteroatoms. The van der Waals surface area contributed by atoms with Crippen LogP contribution in [-0.2, 0) is 0 Å². The van der Waals surface area contributed by atoms with Crippen LogP contribution in [0.15, 0.2) is 16.9 Å². The van der Waals surface area contributed by atoms with E-state index in [0.29, 0.717) is 0 Å². The van der Waals surface area contributed by atoms with Crippen LogP contribution in [0.3, 0.4) is 0 Å². The van der Waals surface area contributed by atoms with Gasteiger partial charge in [0.05, 0.1) is 4.47 Å². The third-order valence-corrected chi connectivity index (χ3v) is 5.80. The summed E-state index contributed by atoms with van der Waals surface area (Å²) in [5.74, 6) is 2.58. The first-order valence-corrected chi connectivity index (χ1v) is 10.0. The predicted molar refractivity (Wildman–Crippen MR) is 98.6 cm³/mol. The van der Waals surface area contributed by atoms with Crippen LogP contribution in [0.2, 0.25) is 0 Å². The van der Waals surface area contributed by atoms with Gasteiger partial charge in [0, 0.05) is 25.5 Å². The average Bonchev–Trinajstić information content (AvgIpc) is 2.59. The maximum absolute atomic E-state index is 4.26. The summed E-state index contributed by atoms with van der Waals surface area (Å²) in [6.07, 6.45) is 14.8. The van der Waals surface area contributed by atoms with Crippen LogP contribution in [0.4, 0.5) is 5.95 Å². The third kappa shape index (κ3) is 5.71. The van der Waals surface area contributed by atoms with Gasteiger partial charge < -0.3 is 10.2 Å². The Morgan fingerprint density at radius 1 is 1.00 bits per heavy atom. The molecular formula is C18H29BrN4. The average molecular weight is 381 g/mol. The number of aromatic nitrogens is 2. The largest absolute Gasteiger partial charge is 0.354 e. The first-order chi connectivity index (χ1) is 11.3. The molecule has 1 aliphatic carbocycles. The zero-order chi connectivity index (χ0) is 15.9. The zero-order valence-electron chi connectivity index (χ0n) is 14.0. The Balaban J connectivity index is 1.30. The van der Waals surface area contributed by atoms with E-state index in [1.165, 1.54) is 71.0 Å². The van der Waals surface area contributed by atoms with Gasteiger partial charge in [-0.1, -0.05) is 19.3 Å². The number of nitrogens with one attached hydrogen (secondary N) is 1. The monoisotopic (exact) mass is 380 g/mol. The molecule has 2 heterocycles. The fourth-order valence-electron chi connectivity index (χ4n) is 4.00. The van der Waals surface area contributed by atoms with Gasteiger partial charge in [0.25, 0.3) is 0 Å². The lowest BCUT2D eigenvalue weighted by molar-refractivity contribution is 0.158. The van der Waals surface area contributed by atoms with Crippen molar-refractivity contribution in [1.29, 1.82) is 0 Å². The SMILES string of the molecule is Brc1cnc(NCC[C@H]2CC[C@H](CN3CCCCC3)CC2)nc1. The first kappa shape index (κ1) is 17.2. The predicted octanol–water partition coefficient (Wildman–Crippen LogP) is 4.33. The molecule has 3 rings (SSSR count). The van der Waals surface area contributed by atoms with Crippen LogP contribution in [0.1, 0.15) is 51.4 Å². The van der Waals surface area contributed by atoms with Crippen LogP contribution in [0.25, 0.3) is 0 Å². The van der Waals surface area contributed by atoms with Crippen molar-refractivity contribution in [3.8, 4) is 0 Å². The molecule has 2 fully saturated rings. The third-order valence-electron chi connectivity index (χ3n) is 5.39. The summed E-state index contributed by atoms with van der Waals surface area (Å²) in [5.41, 5.74) is 0. The summed E-state index contributed by atoms with van der Waals surface area (Å²) in [6.45, 7) is 5.04. The van der Waals surface area contributed by atoms with E-state index in [4.69, 9.17) is 0 Å². The van der Waals surface area contributed by atoms with Crippen LogP contribution in [0, 0.1) is 11.8 Å². The number of halogens is 1. The standard InChI is InChI=1S/C18H29BrN4/c19-17-12-21-18(22-13-17)20-9-8-15-4-6-16(7-5-15)14-23-10-2-1-3-11-23/h12-13,15-16H,1-11,14H2,(H,20,21,22)/t15-,16-. The second-order valence-electron chi connectivity index (χ2n) is 7.19. The summed E-state index contributed by atoms with van der Waals surface area (Å²) in [6, 6.07) is 0. The molecule has 1 aliphatic heterocycles. The number of hydrogen-bond acceptors (Lipinski definition) is 4. The van der Waals surface area contributed by atoms with Gasteiger partial charge in [-0.15, -0.1) is 0 Å². The fourth-order valence-corrected chi connectivity index (χ4v) is 4.21. The maximum atomic E-state index is 4.26. The number of hydrogen-bond donors (Lipinski definition) is 1. The highest BCUT2D eigenvalue weighted by atomic mass is 79.9. The number of rotatable bonds is 6. The normalized spacial score (nSPS) is 26.1. The van der Waals surface area contributed by atoms with E-state index < -0.39 is 0 Å². The Morgan fingerprint density at radius 3 is 2.35 bits per heavy atom. The Hall–Kier alpha value is -0.680. The van der Waals surface area contributed by atoms with Gasteiger partial charge in [-0.3, -0.25) is 0 Å². The number of piperidine rings is 1. The molecule has 0 unspecified atom stereocenters. The van der Waals surface area contributed by atoms with Gasteiger partial charge >= 0.3 is 0 Å². The minimum atomic E-state index is 0.743. The minimum absolute atomic E-state index is 0.743. The smallest absolute Gasteiger partial charge is 0.222 e. The van der Waals surface area contributed by atoms with Gasteiger partial charge in [0.1, 0.15) is 0 Å². The number of nitrogens with zero attached hydrogens (tertiary/aromatic N) is 3. The highest BCUT2D eigenvalue weighted by Gasteiger charge is 2.23. The molecule has 128 valence electrons. The van der Waals surface area contributed by atoms with Crippen molar-refractivity contribution in [3.05, 3.63) is 16.9 Å². The Bertz CT molecular complexity index is 451. The molecule has 0 spiro atoms. The molecule has 1 aromatic heterocycles. The summed E-state index contributed by atoms with van der Waals surface area (Å²) >= 11 is 3.36. The van der Waals surface area contributed by atoms with E-state index in [1.807, 2.05) is 0 Å². The molecule has 23 heavy (non-hydrogen) atoms. The molecule has 1 saturated heterocycles. The highest BCUT2D eigenvalue weighted by Crippen LogP contribution is 2.31. The summed E-state index contributed by atoms with van der Waals surface area (Å²) in [7, 11) is 0. The summed E-state index contributed by atoms with van der Waals surface area (Å²) < 4.78 is 0.926. The van der Waals surface area contributed by atoms with E-state index in [9.17, 15) is 0 Å². The van der Waals surface area contributed by atoms with Gasteiger partial charge in [0.2, 0.25) is 5.95 Å². The van der Waals surface area contributed by atoms with Crippen molar-refractivity contribution in [3.63, 3.8) is 0 Å². The summed E-state index contributed by atoms with van der Waals surface area (Å²) in [5, 5.41) is 3.34. The molecular weight excluding hydrogens is 352 g/mol.